The first kappa shape index (κ1) is 12.3. The van der Waals surface area contributed by atoms with Gasteiger partial charge in [-0.25, -0.2) is 0 Å². The van der Waals surface area contributed by atoms with E-state index in [4.69, 9.17) is 4.42 Å². The molecule has 0 aromatic carbocycles. The molecule has 0 bridgehead atoms. The van der Waals surface area contributed by atoms with Crippen molar-refractivity contribution in [1.29, 1.82) is 0 Å². The topological polar surface area (TPSA) is 71.3 Å². The third kappa shape index (κ3) is 3.76. The second kappa shape index (κ2) is 5.95. The molecule has 0 saturated carbocycles. The Kier molecular flexibility index (Phi) is 4.57. The minimum absolute atomic E-state index is 0.0195. The summed E-state index contributed by atoms with van der Waals surface area (Å²) in [7, 11) is 0. The van der Waals surface area contributed by atoms with Crippen molar-refractivity contribution in [3.8, 4) is 0 Å². The van der Waals surface area contributed by atoms with E-state index in [2.05, 4.69) is 10.6 Å². The summed E-state index contributed by atoms with van der Waals surface area (Å²) in [5, 5.41) is 5.26. The SMILES string of the molecule is CC[C@H](C)NC(=O)CNC(=O)c1ccoc1. The average molecular weight is 224 g/mol. The van der Waals surface area contributed by atoms with Crippen LogP contribution >= 0.6 is 0 Å². The molecule has 0 spiro atoms. The van der Waals surface area contributed by atoms with Gasteiger partial charge in [-0.3, -0.25) is 9.59 Å². The summed E-state index contributed by atoms with van der Waals surface area (Å²) in [6, 6.07) is 1.67. The van der Waals surface area contributed by atoms with Crippen LogP contribution in [-0.2, 0) is 4.79 Å². The fraction of sp³-hybridized carbons (Fsp3) is 0.455. The first-order chi connectivity index (χ1) is 7.63. The molecule has 2 amide bonds. The fourth-order valence-electron chi connectivity index (χ4n) is 1.08. The Labute approximate surface area is 94.2 Å². The van der Waals surface area contributed by atoms with Crippen molar-refractivity contribution in [2.45, 2.75) is 26.3 Å². The van der Waals surface area contributed by atoms with Gasteiger partial charge < -0.3 is 15.1 Å². The minimum atomic E-state index is -0.312. The van der Waals surface area contributed by atoms with Gasteiger partial charge in [0.2, 0.25) is 5.91 Å². The van der Waals surface area contributed by atoms with Crippen LogP contribution in [0.5, 0.6) is 0 Å². The summed E-state index contributed by atoms with van der Waals surface area (Å²) in [5.74, 6) is -0.501. The summed E-state index contributed by atoms with van der Waals surface area (Å²) < 4.78 is 4.76. The van der Waals surface area contributed by atoms with Crippen molar-refractivity contribution in [3.05, 3.63) is 24.2 Å². The third-order valence-electron chi connectivity index (χ3n) is 2.21. The summed E-state index contributed by atoms with van der Waals surface area (Å²) >= 11 is 0. The molecule has 1 aromatic rings. The normalized spacial score (nSPS) is 11.9. The number of hydrogen-bond donors (Lipinski definition) is 2. The molecule has 0 unspecified atom stereocenters. The van der Waals surface area contributed by atoms with Gasteiger partial charge >= 0.3 is 0 Å². The standard InChI is InChI=1S/C11H16N2O3/c1-3-8(2)13-10(14)6-12-11(15)9-4-5-16-7-9/h4-5,7-8H,3,6H2,1-2H3,(H,12,15)(H,13,14)/t8-/m0/s1. The van der Waals surface area contributed by atoms with Gasteiger partial charge in [0.25, 0.3) is 5.91 Å². The molecule has 0 radical (unpaired) electrons. The van der Waals surface area contributed by atoms with Gasteiger partial charge in [-0.05, 0) is 19.4 Å². The van der Waals surface area contributed by atoms with Gasteiger partial charge in [-0.15, -0.1) is 0 Å². The molecular formula is C11H16N2O3. The second-order valence-corrected chi connectivity index (χ2v) is 3.57. The zero-order valence-corrected chi connectivity index (χ0v) is 9.45. The number of furan rings is 1. The van der Waals surface area contributed by atoms with Crippen LogP contribution in [0.1, 0.15) is 30.6 Å². The van der Waals surface area contributed by atoms with Gasteiger partial charge in [0.15, 0.2) is 0 Å². The highest BCUT2D eigenvalue weighted by atomic mass is 16.3. The Morgan fingerprint density at radius 1 is 1.50 bits per heavy atom. The quantitative estimate of drug-likeness (QED) is 0.781. The monoisotopic (exact) mass is 224 g/mol. The highest BCUT2D eigenvalue weighted by Crippen LogP contribution is 1.98. The van der Waals surface area contributed by atoms with E-state index in [0.717, 1.165) is 6.42 Å². The van der Waals surface area contributed by atoms with Crippen molar-refractivity contribution in [2.24, 2.45) is 0 Å². The lowest BCUT2D eigenvalue weighted by molar-refractivity contribution is -0.120. The lowest BCUT2D eigenvalue weighted by atomic mass is 10.2. The van der Waals surface area contributed by atoms with Gasteiger partial charge in [-0.1, -0.05) is 6.92 Å². The van der Waals surface area contributed by atoms with Crippen molar-refractivity contribution in [1.82, 2.24) is 10.6 Å². The summed E-state index contributed by atoms with van der Waals surface area (Å²) in [6.45, 7) is 3.87. The smallest absolute Gasteiger partial charge is 0.254 e. The Hall–Kier alpha value is -1.78. The lowest BCUT2D eigenvalue weighted by Crippen LogP contribution is -2.40. The molecule has 5 nitrogen and oxygen atoms in total. The van der Waals surface area contributed by atoms with Crippen LogP contribution in [0.3, 0.4) is 0 Å². The van der Waals surface area contributed by atoms with E-state index in [1.165, 1.54) is 12.5 Å². The van der Waals surface area contributed by atoms with E-state index >= 15 is 0 Å². The van der Waals surface area contributed by atoms with Crippen molar-refractivity contribution >= 4 is 11.8 Å². The fourth-order valence-corrected chi connectivity index (χ4v) is 1.08. The number of rotatable bonds is 5. The Bertz CT molecular complexity index is 346. The van der Waals surface area contributed by atoms with Crippen LogP contribution < -0.4 is 10.6 Å². The second-order valence-electron chi connectivity index (χ2n) is 3.57. The molecule has 1 aromatic heterocycles. The van der Waals surface area contributed by atoms with E-state index in [0.29, 0.717) is 5.56 Å². The Balaban J connectivity index is 2.29. The number of carbonyl (C=O) groups is 2. The average Bonchev–Trinajstić information content (AvgIpc) is 2.79. The van der Waals surface area contributed by atoms with Crippen LogP contribution in [0.25, 0.3) is 0 Å². The third-order valence-corrected chi connectivity index (χ3v) is 2.21. The van der Waals surface area contributed by atoms with Crippen molar-refractivity contribution in [3.63, 3.8) is 0 Å². The maximum atomic E-state index is 11.4. The predicted octanol–water partition coefficient (Wildman–Crippen LogP) is 0.924. The predicted molar refractivity (Wildman–Crippen MR) is 58.9 cm³/mol. The Morgan fingerprint density at radius 2 is 2.25 bits per heavy atom. The highest BCUT2D eigenvalue weighted by molar-refractivity contribution is 5.96. The molecule has 1 heterocycles. The molecule has 5 heteroatoms. The van der Waals surface area contributed by atoms with Crippen molar-refractivity contribution < 1.29 is 14.0 Å². The summed E-state index contributed by atoms with van der Waals surface area (Å²) in [6.07, 6.45) is 3.61. The molecule has 88 valence electrons. The molecular weight excluding hydrogens is 208 g/mol. The van der Waals surface area contributed by atoms with Gasteiger partial charge in [0.1, 0.15) is 6.26 Å². The molecule has 0 aliphatic carbocycles. The van der Waals surface area contributed by atoms with E-state index in [9.17, 15) is 9.59 Å². The number of carbonyl (C=O) groups excluding carboxylic acids is 2. The largest absolute Gasteiger partial charge is 0.472 e. The van der Waals surface area contributed by atoms with E-state index in [-0.39, 0.29) is 24.4 Å². The van der Waals surface area contributed by atoms with Crippen LogP contribution in [0.2, 0.25) is 0 Å². The van der Waals surface area contributed by atoms with Crippen molar-refractivity contribution in [2.75, 3.05) is 6.54 Å². The number of amides is 2. The Morgan fingerprint density at radius 3 is 2.81 bits per heavy atom. The van der Waals surface area contributed by atoms with E-state index in [1.54, 1.807) is 6.07 Å². The van der Waals surface area contributed by atoms with Gasteiger partial charge in [-0.2, -0.15) is 0 Å². The first-order valence-electron chi connectivity index (χ1n) is 5.23. The summed E-state index contributed by atoms with van der Waals surface area (Å²) in [4.78, 5) is 22.8. The van der Waals surface area contributed by atoms with Crippen LogP contribution in [-0.4, -0.2) is 24.4 Å². The van der Waals surface area contributed by atoms with Gasteiger partial charge in [0.05, 0.1) is 18.4 Å². The molecule has 1 rings (SSSR count). The number of nitrogens with one attached hydrogen (secondary N) is 2. The molecule has 0 aliphatic rings. The number of hydrogen-bond acceptors (Lipinski definition) is 3. The van der Waals surface area contributed by atoms with Crippen LogP contribution in [0.4, 0.5) is 0 Å². The van der Waals surface area contributed by atoms with Crippen LogP contribution in [0, 0.1) is 0 Å². The maximum Gasteiger partial charge on any atom is 0.254 e. The minimum Gasteiger partial charge on any atom is -0.472 e. The molecule has 1 atom stereocenters. The highest BCUT2D eigenvalue weighted by Gasteiger charge is 2.09. The lowest BCUT2D eigenvalue weighted by Gasteiger charge is -2.11. The van der Waals surface area contributed by atoms with E-state index < -0.39 is 0 Å². The molecule has 16 heavy (non-hydrogen) atoms. The molecule has 0 fully saturated rings. The van der Waals surface area contributed by atoms with Crippen LogP contribution in [0.15, 0.2) is 23.0 Å². The maximum absolute atomic E-state index is 11.4. The zero-order chi connectivity index (χ0) is 12.0. The first-order valence-corrected chi connectivity index (χ1v) is 5.23. The molecule has 2 N–H and O–H groups in total. The van der Waals surface area contributed by atoms with Gasteiger partial charge in [0, 0.05) is 6.04 Å². The molecule has 0 aliphatic heterocycles. The summed E-state index contributed by atoms with van der Waals surface area (Å²) in [5.41, 5.74) is 0.413. The molecule has 0 saturated heterocycles. The van der Waals surface area contributed by atoms with E-state index in [1.807, 2.05) is 13.8 Å². The zero-order valence-electron chi connectivity index (χ0n) is 9.45.